The minimum Gasteiger partial charge on any atom is -0.444 e. The summed E-state index contributed by atoms with van der Waals surface area (Å²) in [4.78, 5) is 16.0. The van der Waals surface area contributed by atoms with Crippen LogP contribution in [-0.2, 0) is 11.3 Å². The van der Waals surface area contributed by atoms with Gasteiger partial charge in [-0.25, -0.2) is 4.98 Å². The Labute approximate surface area is 101 Å². The zero-order valence-corrected chi connectivity index (χ0v) is 10.4. The van der Waals surface area contributed by atoms with Gasteiger partial charge < -0.3 is 15.1 Å². The largest absolute Gasteiger partial charge is 0.444 e. The summed E-state index contributed by atoms with van der Waals surface area (Å²) in [5, 5.41) is 6.06. The van der Waals surface area contributed by atoms with Crippen molar-refractivity contribution >= 4 is 5.91 Å². The number of aromatic nitrogens is 1. The van der Waals surface area contributed by atoms with Crippen LogP contribution in [0.15, 0.2) is 4.42 Å². The second-order valence-corrected chi connectivity index (χ2v) is 4.47. The van der Waals surface area contributed by atoms with E-state index < -0.39 is 0 Å². The summed E-state index contributed by atoms with van der Waals surface area (Å²) >= 11 is 0. The number of carbonyl (C=O) groups excluding carboxylic acids is 1. The number of aryl methyl sites for hydroxylation is 2. The van der Waals surface area contributed by atoms with Crippen LogP contribution in [0.5, 0.6) is 0 Å². The van der Waals surface area contributed by atoms with Gasteiger partial charge in [0, 0.05) is 0 Å². The normalized spacial score (nSPS) is 20.2. The average molecular weight is 237 g/mol. The summed E-state index contributed by atoms with van der Waals surface area (Å²) < 4.78 is 5.41. The second kappa shape index (κ2) is 5.31. The van der Waals surface area contributed by atoms with E-state index >= 15 is 0 Å². The lowest BCUT2D eigenvalue weighted by Gasteiger charge is -2.22. The van der Waals surface area contributed by atoms with Gasteiger partial charge in [-0.15, -0.1) is 0 Å². The Morgan fingerprint density at radius 1 is 1.53 bits per heavy atom. The molecular formula is C12H19N3O2. The second-order valence-electron chi connectivity index (χ2n) is 4.47. The minimum absolute atomic E-state index is 0.0400. The van der Waals surface area contributed by atoms with Crippen molar-refractivity contribution in [2.45, 2.75) is 45.7 Å². The molecule has 2 heterocycles. The number of rotatable bonds is 3. The highest BCUT2D eigenvalue weighted by molar-refractivity contribution is 5.81. The molecule has 5 heteroatoms. The SMILES string of the molecule is Cc1nc(CNC(=O)[C@H]2CCCCN2)oc1C. The Morgan fingerprint density at radius 3 is 2.94 bits per heavy atom. The summed E-state index contributed by atoms with van der Waals surface area (Å²) in [5.41, 5.74) is 0.880. The molecule has 0 unspecified atom stereocenters. The standard InChI is InChI=1S/C12H19N3O2/c1-8-9(2)17-11(15-8)7-14-12(16)10-5-3-4-6-13-10/h10,13H,3-7H2,1-2H3,(H,14,16)/t10-/m1/s1. The van der Waals surface area contributed by atoms with Crippen LogP contribution in [0.25, 0.3) is 0 Å². The zero-order chi connectivity index (χ0) is 12.3. The van der Waals surface area contributed by atoms with E-state index in [2.05, 4.69) is 15.6 Å². The molecule has 1 atom stereocenters. The molecule has 17 heavy (non-hydrogen) atoms. The molecule has 0 aliphatic carbocycles. The molecule has 94 valence electrons. The highest BCUT2D eigenvalue weighted by Gasteiger charge is 2.20. The quantitative estimate of drug-likeness (QED) is 0.824. The van der Waals surface area contributed by atoms with E-state index in [1.54, 1.807) is 0 Å². The van der Waals surface area contributed by atoms with E-state index in [0.717, 1.165) is 37.3 Å². The van der Waals surface area contributed by atoms with E-state index in [0.29, 0.717) is 12.4 Å². The molecule has 5 nitrogen and oxygen atoms in total. The van der Waals surface area contributed by atoms with Crippen molar-refractivity contribution in [3.8, 4) is 0 Å². The number of nitrogens with zero attached hydrogens (tertiary/aromatic N) is 1. The molecule has 0 radical (unpaired) electrons. The molecular weight excluding hydrogens is 218 g/mol. The van der Waals surface area contributed by atoms with E-state index in [1.807, 2.05) is 13.8 Å². The van der Waals surface area contributed by atoms with Gasteiger partial charge >= 0.3 is 0 Å². The summed E-state index contributed by atoms with van der Waals surface area (Å²) in [6, 6.07) is -0.0547. The van der Waals surface area contributed by atoms with Gasteiger partial charge in [-0.1, -0.05) is 6.42 Å². The fraction of sp³-hybridized carbons (Fsp3) is 0.667. The van der Waals surface area contributed by atoms with Crippen LogP contribution >= 0.6 is 0 Å². The molecule has 0 spiro atoms. The molecule has 1 saturated heterocycles. The maximum absolute atomic E-state index is 11.8. The lowest BCUT2D eigenvalue weighted by Crippen LogP contribution is -2.46. The third-order valence-corrected chi connectivity index (χ3v) is 3.11. The van der Waals surface area contributed by atoms with E-state index in [-0.39, 0.29) is 11.9 Å². The number of nitrogens with one attached hydrogen (secondary N) is 2. The first-order valence-corrected chi connectivity index (χ1v) is 6.11. The lowest BCUT2D eigenvalue weighted by molar-refractivity contribution is -0.123. The lowest BCUT2D eigenvalue weighted by atomic mass is 10.0. The first kappa shape index (κ1) is 12.1. The molecule has 0 bridgehead atoms. The van der Waals surface area contributed by atoms with Crippen molar-refractivity contribution in [1.29, 1.82) is 0 Å². The molecule has 0 saturated carbocycles. The van der Waals surface area contributed by atoms with Crippen molar-refractivity contribution < 1.29 is 9.21 Å². The monoisotopic (exact) mass is 237 g/mol. The van der Waals surface area contributed by atoms with Gasteiger partial charge in [0.2, 0.25) is 11.8 Å². The average Bonchev–Trinajstić information content (AvgIpc) is 2.67. The Balaban J connectivity index is 1.83. The first-order valence-electron chi connectivity index (χ1n) is 6.11. The smallest absolute Gasteiger partial charge is 0.237 e. The Hall–Kier alpha value is -1.36. The molecule has 1 amide bonds. The molecule has 0 aromatic carbocycles. The van der Waals surface area contributed by atoms with Gasteiger partial charge in [-0.2, -0.15) is 0 Å². The molecule has 1 fully saturated rings. The van der Waals surface area contributed by atoms with Crippen molar-refractivity contribution in [2.75, 3.05) is 6.54 Å². The van der Waals surface area contributed by atoms with Gasteiger partial charge in [0.1, 0.15) is 5.76 Å². The maximum atomic E-state index is 11.8. The van der Waals surface area contributed by atoms with Gasteiger partial charge in [0.15, 0.2) is 0 Å². The van der Waals surface area contributed by atoms with Crippen LogP contribution in [0.4, 0.5) is 0 Å². The fourth-order valence-electron chi connectivity index (χ4n) is 1.98. The number of hydrogen-bond acceptors (Lipinski definition) is 4. The Bertz CT molecular complexity index is 375. The summed E-state index contributed by atoms with van der Waals surface area (Å²) in [7, 11) is 0. The predicted molar refractivity (Wildman–Crippen MR) is 63.5 cm³/mol. The van der Waals surface area contributed by atoms with Gasteiger partial charge in [-0.3, -0.25) is 4.79 Å². The van der Waals surface area contributed by atoms with Crippen LogP contribution in [0.2, 0.25) is 0 Å². The minimum atomic E-state index is -0.0547. The van der Waals surface area contributed by atoms with Crippen molar-refractivity contribution in [1.82, 2.24) is 15.6 Å². The molecule has 1 aromatic rings. The predicted octanol–water partition coefficient (Wildman–Crippen LogP) is 1.05. The van der Waals surface area contributed by atoms with Crippen LogP contribution in [0, 0.1) is 13.8 Å². The number of oxazole rings is 1. The number of carbonyl (C=O) groups is 1. The third kappa shape index (κ3) is 3.06. The highest BCUT2D eigenvalue weighted by Crippen LogP contribution is 2.09. The van der Waals surface area contributed by atoms with Crippen LogP contribution in [-0.4, -0.2) is 23.5 Å². The first-order chi connectivity index (χ1) is 8.16. The van der Waals surface area contributed by atoms with Crippen LogP contribution in [0.1, 0.15) is 36.6 Å². The molecule has 2 rings (SSSR count). The number of amides is 1. The summed E-state index contributed by atoms with van der Waals surface area (Å²) in [5.74, 6) is 1.42. The topological polar surface area (TPSA) is 67.2 Å². The summed E-state index contributed by atoms with van der Waals surface area (Å²) in [6.45, 7) is 5.06. The van der Waals surface area contributed by atoms with Gasteiger partial charge in [0.05, 0.1) is 18.3 Å². The maximum Gasteiger partial charge on any atom is 0.237 e. The van der Waals surface area contributed by atoms with Crippen LogP contribution in [0.3, 0.4) is 0 Å². The van der Waals surface area contributed by atoms with E-state index in [4.69, 9.17) is 4.42 Å². The molecule has 1 aromatic heterocycles. The number of piperidine rings is 1. The van der Waals surface area contributed by atoms with Gasteiger partial charge in [-0.05, 0) is 33.2 Å². The fourth-order valence-corrected chi connectivity index (χ4v) is 1.98. The van der Waals surface area contributed by atoms with E-state index in [9.17, 15) is 4.79 Å². The van der Waals surface area contributed by atoms with Gasteiger partial charge in [0.25, 0.3) is 0 Å². The van der Waals surface area contributed by atoms with Crippen molar-refractivity contribution in [3.05, 3.63) is 17.3 Å². The van der Waals surface area contributed by atoms with Crippen LogP contribution < -0.4 is 10.6 Å². The Morgan fingerprint density at radius 2 is 2.35 bits per heavy atom. The third-order valence-electron chi connectivity index (χ3n) is 3.11. The number of hydrogen-bond donors (Lipinski definition) is 2. The molecule has 2 N–H and O–H groups in total. The van der Waals surface area contributed by atoms with Crippen molar-refractivity contribution in [2.24, 2.45) is 0 Å². The summed E-state index contributed by atoms with van der Waals surface area (Å²) in [6.07, 6.45) is 3.18. The zero-order valence-electron chi connectivity index (χ0n) is 10.4. The Kier molecular flexibility index (Phi) is 3.78. The highest BCUT2D eigenvalue weighted by atomic mass is 16.4. The van der Waals surface area contributed by atoms with Crippen molar-refractivity contribution in [3.63, 3.8) is 0 Å². The molecule has 1 aliphatic rings. The molecule has 1 aliphatic heterocycles. The van der Waals surface area contributed by atoms with E-state index in [1.165, 1.54) is 0 Å².